The van der Waals surface area contributed by atoms with Crippen molar-refractivity contribution in [1.29, 1.82) is 0 Å². The van der Waals surface area contributed by atoms with Crippen molar-refractivity contribution in [2.45, 2.75) is 70.3 Å². The van der Waals surface area contributed by atoms with Crippen LogP contribution in [-0.2, 0) is 20.7 Å². The molecule has 0 amide bonds. The van der Waals surface area contributed by atoms with Crippen LogP contribution in [0.2, 0.25) is 0 Å². The molecule has 0 radical (unpaired) electrons. The summed E-state index contributed by atoms with van der Waals surface area (Å²) in [6, 6.07) is 14.6. The van der Waals surface area contributed by atoms with Crippen molar-refractivity contribution in [2.24, 2.45) is 17.3 Å². The molecule has 0 bridgehead atoms. The second-order valence-electron chi connectivity index (χ2n) is 11.4. The van der Waals surface area contributed by atoms with Gasteiger partial charge in [-0.25, -0.2) is 0 Å². The Kier molecular flexibility index (Phi) is 5.73. The average molecular weight is 476 g/mol. The zero-order valence-corrected chi connectivity index (χ0v) is 21.5. The zero-order chi connectivity index (χ0) is 25.1. The van der Waals surface area contributed by atoms with Crippen LogP contribution in [0.1, 0.15) is 75.0 Å². The molecular formula is C30H37NO4. The topological polar surface area (TPSA) is 66.8 Å². The number of ether oxygens (including phenoxy) is 1. The fourth-order valence-electron chi connectivity index (χ4n) is 8.09. The lowest BCUT2D eigenvalue weighted by molar-refractivity contribution is -0.184. The maximum absolute atomic E-state index is 13.2. The van der Waals surface area contributed by atoms with Crippen LogP contribution < -0.4 is 4.90 Å². The number of nitrogens with zero attached hydrogens (tertiary/aromatic N) is 1. The van der Waals surface area contributed by atoms with Crippen LogP contribution >= 0.6 is 0 Å². The summed E-state index contributed by atoms with van der Waals surface area (Å²) in [7, 11) is 4.08. The minimum absolute atomic E-state index is 0.0287. The summed E-state index contributed by atoms with van der Waals surface area (Å²) in [5, 5.41) is 10.2. The number of hydrogen-bond acceptors (Lipinski definition) is 5. The molecule has 0 spiro atoms. The van der Waals surface area contributed by atoms with Gasteiger partial charge in [0.05, 0.1) is 0 Å². The van der Waals surface area contributed by atoms with Crippen molar-refractivity contribution in [3.05, 3.63) is 59.2 Å². The van der Waals surface area contributed by atoms with E-state index in [-0.39, 0.29) is 17.7 Å². The molecule has 0 aromatic heterocycles. The molecule has 6 atom stereocenters. The Morgan fingerprint density at radius 1 is 1.06 bits per heavy atom. The fourth-order valence-corrected chi connectivity index (χ4v) is 8.09. The Balaban J connectivity index is 1.66. The first-order valence-electron chi connectivity index (χ1n) is 12.9. The van der Waals surface area contributed by atoms with Crippen molar-refractivity contribution < 1.29 is 19.4 Å². The van der Waals surface area contributed by atoms with E-state index in [2.05, 4.69) is 42.2 Å². The second-order valence-corrected chi connectivity index (χ2v) is 11.4. The predicted octanol–water partition coefficient (Wildman–Crippen LogP) is 5.60. The standard InChI is InChI=1S/C30H37NO4/c1-18(32)30(35-19(2)33)15-14-27-25-12-8-21-16-23(34)11-13-24(21)28(25)26(17-29(27,30)3)20-6-9-22(10-7-20)31(4)5/h6-7,9-11,13,16,25-28,34H,8,12,14-15,17H2,1-5H3. The Hall–Kier alpha value is -2.82. The molecule has 2 aromatic carbocycles. The number of phenolic OH excluding ortho intramolecular Hbond substituents is 1. The van der Waals surface area contributed by atoms with Gasteiger partial charge in [0.15, 0.2) is 11.4 Å². The minimum Gasteiger partial charge on any atom is -0.508 e. The average Bonchev–Trinajstić information content (AvgIpc) is 3.10. The van der Waals surface area contributed by atoms with Gasteiger partial charge in [-0.15, -0.1) is 0 Å². The highest BCUT2D eigenvalue weighted by Crippen LogP contribution is 2.68. The van der Waals surface area contributed by atoms with Gasteiger partial charge < -0.3 is 14.7 Å². The summed E-state index contributed by atoms with van der Waals surface area (Å²) >= 11 is 0. The van der Waals surface area contributed by atoms with Gasteiger partial charge in [-0.1, -0.05) is 25.1 Å². The summed E-state index contributed by atoms with van der Waals surface area (Å²) in [4.78, 5) is 27.6. The lowest BCUT2D eigenvalue weighted by Crippen LogP contribution is -2.57. The molecule has 2 fully saturated rings. The molecule has 2 aromatic rings. The first-order chi connectivity index (χ1) is 16.6. The van der Waals surface area contributed by atoms with Crippen molar-refractivity contribution in [2.75, 3.05) is 19.0 Å². The third-order valence-corrected chi connectivity index (χ3v) is 9.56. The third-order valence-electron chi connectivity index (χ3n) is 9.56. The number of benzene rings is 2. The molecule has 5 nitrogen and oxygen atoms in total. The molecule has 2 saturated carbocycles. The number of aryl methyl sites for hydroxylation is 1. The van der Waals surface area contributed by atoms with Crippen LogP contribution in [-0.4, -0.2) is 36.6 Å². The highest BCUT2D eigenvalue weighted by Gasteiger charge is 2.68. The van der Waals surface area contributed by atoms with E-state index in [4.69, 9.17) is 4.74 Å². The van der Waals surface area contributed by atoms with E-state index in [1.165, 1.54) is 23.6 Å². The van der Waals surface area contributed by atoms with E-state index in [1.54, 1.807) is 6.92 Å². The van der Waals surface area contributed by atoms with Gasteiger partial charge in [0.25, 0.3) is 0 Å². The number of anilines is 1. The number of carbonyl (C=O) groups is 2. The number of hydrogen-bond donors (Lipinski definition) is 1. The molecule has 5 rings (SSSR count). The zero-order valence-electron chi connectivity index (χ0n) is 21.5. The SMILES string of the molecule is CC(=O)OC1(C(C)=O)CCC2C3CCc4cc(O)ccc4C3C(c3ccc(N(C)C)cc3)CC21C. The lowest BCUT2D eigenvalue weighted by Gasteiger charge is -2.56. The molecular weight excluding hydrogens is 438 g/mol. The van der Waals surface area contributed by atoms with E-state index >= 15 is 0 Å². The first kappa shape index (κ1) is 23.9. The molecule has 3 aliphatic rings. The summed E-state index contributed by atoms with van der Waals surface area (Å²) in [5.41, 5.74) is 3.49. The van der Waals surface area contributed by atoms with E-state index in [1.807, 2.05) is 26.2 Å². The Morgan fingerprint density at radius 3 is 2.40 bits per heavy atom. The number of Topliss-reactive ketones (excluding diaryl/α,β-unsaturated/α-hetero) is 1. The number of ketones is 1. The Morgan fingerprint density at radius 2 is 1.77 bits per heavy atom. The molecule has 0 saturated heterocycles. The van der Waals surface area contributed by atoms with Crippen LogP contribution in [0.15, 0.2) is 42.5 Å². The normalized spacial score (nSPS) is 33.3. The van der Waals surface area contributed by atoms with Crippen molar-refractivity contribution >= 4 is 17.4 Å². The van der Waals surface area contributed by atoms with Crippen molar-refractivity contribution in [1.82, 2.24) is 0 Å². The minimum atomic E-state index is -1.06. The Bertz CT molecular complexity index is 1160. The number of fused-ring (bicyclic) bond motifs is 5. The highest BCUT2D eigenvalue weighted by atomic mass is 16.6. The van der Waals surface area contributed by atoms with Gasteiger partial charge >= 0.3 is 5.97 Å². The molecule has 186 valence electrons. The number of carbonyl (C=O) groups excluding carboxylic acids is 2. The van der Waals surface area contributed by atoms with Gasteiger partial charge in [0, 0.05) is 32.1 Å². The third kappa shape index (κ3) is 3.57. The van der Waals surface area contributed by atoms with E-state index in [9.17, 15) is 14.7 Å². The summed E-state index contributed by atoms with van der Waals surface area (Å²) in [6.45, 7) is 5.23. The molecule has 0 aliphatic heterocycles. The van der Waals surface area contributed by atoms with Gasteiger partial charge in [0.2, 0.25) is 0 Å². The molecule has 5 heteroatoms. The molecule has 6 unspecified atom stereocenters. The van der Waals surface area contributed by atoms with Crippen molar-refractivity contribution in [3.63, 3.8) is 0 Å². The highest BCUT2D eigenvalue weighted by molar-refractivity contribution is 5.89. The molecule has 0 heterocycles. The number of phenols is 1. The monoisotopic (exact) mass is 475 g/mol. The van der Waals surface area contributed by atoms with Crippen LogP contribution in [0, 0.1) is 17.3 Å². The number of rotatable bonds is 4. The van der Waals surface area contributed by atoms with Gasteiger partial charge in [0.1, 0.15) is 5.75 Å². The smallest absolute Gasteiger partial charge is 0.303 e. The van der Waals surface area contributed by atoms with E-state index in [0.29, 0.717) is 29.9 Å². The van der Waals surface area contributed by atoms with Crippen LogP contribution in [0.3, 0.4) is 0 Å². The van der Waals surface area contributed by atoms with E-state index in [0.717, 1.165) is 31.4 Å². The number of esters is 1. The Labute approximate surface area is 208 Å². The quantitative estimate of drug-likeness (QED) is 0.583. The summed E-state index contributed by atoms with van der Waals surface area (Å²) in [5.74, 6) is 1.10. The van der Waals surface area contributed by atoms with Gasteiger partial charge in [-0.05, 0) is 104 Å². The maximum atomic E-state index is 13.2. The van der Waals surface area contributed by atoms with E-state index < -0.39 is 11.0 Å². The largest absolute Gasteiger partial charge is 0.508 e. The molecule has 1 N–H and O–H groups in total. The summed E-state index contributed by atoms with van der Waals surface area (Å²) in [6.07, 6.45) is 4.21. The van der Waals surface area contributed by atoms with Gasteiger partial charge in [-0.3, -0.25) is 9.59 Å². The van der Waals surface area contributed by atoms with Crippen LogP contribution in [0.4, 0.5) is 5.69 Å². The maximum Gasteiger partial charge on any atom is 0.303 e. The number of aromatic hydroxyl groups is 1. The predicted molar refractivity (Wildman–Crippen MR) is 137 cm³/mol. The van der Waals surface area contributed by atoms with Crippen LogP contribution in [0.5, 0.6) is 5.75 Å². The lowest BCUT2D eigenvalue weighted by atomic mass is 9.48. The fraction of sp³-hybridized carbons (Fsp3) is 0.533. The molecule has 35 heavy (non-hydrogen) atoms. The summed E-state index contributed by atoms with van der Waals surface area (Å²) < 4.78 is 6.00. The second kappa shape index (κ2) is 8.39. The van der Waals surface area contributed by atoms with Crippen LogP contribution in [0.25, 0.3) is 0 Å². The first-order valence-corrected chi connectivity index (χ1v) is 12.9. The van der Waals surface area contributed by atoms with Crippen molar-refractivity contribution in [3.8, 4) is 5.75 Å². The molecule has 3 aliphatic carbocycles. The van der Waals surface area contributed by atoms with Gasteiger partial charge in [-0.2, -0.15) is 0 Å².